The molecule has 3 N–H and O–H groups in total. The van der Waals surface area contributed by atoms with Crippen LogP contribution in [0.3, 0.4) is 0 Å². The fraction of sp³-hybridized carbons (Fsp3) is 0.500. The Morgan fingerprint density at radius 1 is 1.47 bits per heavy atom. The van der Waals surface area contributed by atoms with E-state index in [1.807, 2.05) is 4.90 Å². The van der Waals surface area contributed by atoms with Crippen LogP contribution in [0.1, 0.15) is 6.42 Å². The summed E-state index contributed by atoms with van der Waals surface area (Å²) in [6.07, 6.45) is 3.90. The van der Waals surface area contributed by atoms with E-state index in [0.29, 0.717) is 29.7 Å². The molecule has 104 valence electrons. The average Bonchev–Trinajstić information content (AvgIpc) is 2.85. The lowest BCUT2D eigenvalue weighted by Gasteiger charge is -2.20. The first-order chi connectivity index (χ1) is 9.13. The molecule has 0 bridgehead atoms. The maximum Gasteiger partial charge on any atom is 0.225 e. The number of nitrogens with two attached hydrogens (primary N) is 1. The molecule has 1 aliphatic rings. The van der Waals surface area contributed by atoms with Crippen LogP contribution < -0.4 is 16.0 Å². The lowest BCUT2D eigenvalue weighted by molar-refractivity contribution is -0.124. The second-order valence-corrected chi connectivity index (χ2v) is 5.28. The molecule has 0 saturated carbocycles. The van der Waals surface area contributed by atoms with Gasteiger partial charge in [-0.3, -0.25) is 9.78 Å². The highest BCUT2D eigenvalue weighted by Gasteiger charge is 2.30. The van der Waals surface area contributed by atoms with Crippen molar-refractivity contribution < 1.29 is 4.79 Å². The zero-order chi connectivity index (χ0) is 13.8. The van der Waals surface area contributed by atoms with Crippen LogP contribution in [0.15, 0.2) is 12.4 Å². The first-order valence-corrected chi connectivity index (χ1v) is 6.90. The van der Waals surface area contributed by atoms with Gasteiger partial charge in [0.05, 0.1) is 21.7 Å². The summed E-state index contributed by atoms with van der Waals surface area (Å²) in [5.41, 5.74) is 6.12. The lowest BCUT2D eigenvalue weighted by Crippen LogP contribution is -2.35. The Bertz CT molecular complexity index is 449. The number of nitrogens with zero attached hydrogens (tertiary/aromatic N) is 2. The topological polar surface area (TPSA) is 71.2 Å². The van der Waals surface area contributed by atoms with E-state index in [1.165, 1.54) is 0 Å². The Hall–Kier alpha value is -1.04. The Balaban J connectivity index is 2.04. The summed E-state index contributed by atoms with van der Waals surface area (Å²) in [6, 6.07) is 0. The van der Waals surface area contributed by atoms with Crippen molar-refractivity contribution in [3.63, 3.8) is 0 Å². The second-order valence-electron chi connectivity index (χ2n) is 4.46. The number of anilines is 1. The average molecular weight is 303 g/mol. The molecule has 19 heavy (non-hydrogen) atoms. The summed E-state index contributed by atoms with van der Waals surface area (Å²) in [4.78, 5) is 17.8. The molecular formula is C12H16Cl2N4O. The lowest BCUT2D eigenvalue weighted by atomic mass is 10.1. The molecule has 1 aromatic heterocycles. The molecule has 7 heteroatoms. The Labute approximate surface area is 122 Å². The number of halogens is 2. The third kappa shape index (κ3) is 3.29. The fourth-order valence-corrected chi connectivity index (χ4v) is 2.83. The molecule has 1 fully saturated rings. The van der Waals surface area contributed by atoms with Crippen molar-refractivity contribution in [2.45, 2.75) is 6.42 Å². The van der Waals surface area contributed by atoms with Gasteiger partial charge in [0.15, 0.2) is 0 Å². The number of carbonyl (C=O) groups is 1. The van der Waals surface area contributed by atoms with Gasteiger partial charge in [0.25, 0.3) is 0 Å². The van der Waals surface area contributed by atoms with Crippen LogP contribution in [0.25, 0.3) is 0 Å². The number of pyridine rings is 1. The molecule has 0 aromatic carbocycles. The minimum Gasteiger partial charge on any atom is -0.368 e. The summed E-state index contributed by atoms with van der Waals surface area (Å²) in [5.74, 6) is -0.0129. The van der Waals surface area contributed by atoms with Gasteiger partial charge in [-0.15, -0.1) is 0 Å². The van der Waals surface area contributed by atoms with E-state index in [4.69, 9.17) is 28.9 Å². The standard InChI is InChI=1S/C12H16Cl2N4O/c13-9-5-16-6-10(14)11(9)18-4-1-8(7-18)12(19)17-3-2-15/h5-6,8H,1-4,7,15H2,(H,17,19)/t8-/m0/s1. The summed E-state index contributed by atoms with van der Waals surface area (Å²) < 4.78 is 0. The number of amides is 1. The largest absolute Gasteiger partial charge is 0.368 e. The van der Waals surface area contributed by atoms with Crippen molar-refractivity contribution in [2.75, 3.05) is 31.1 Å². The number of hydrogen-bond acceptors (Lipinski definition) is 4. The Morgan fingerprint density at radius 3 is 2.79 bits per heavy atom. The van der Waals surface area contributed by atoms with E-state index in [2.05, 4.69) is 10.3 Å². The molecule has 2 heterocycles. The Morgan fingerprint density at radius 2 is 2.16 bits per heavy atom. The highest BCUT2D eigenvalue weighted by molar-refractivity contribution is 6.38. The number of carbonyl (C=O) groups excluding carboxylic acids is 1. The van der Waals surface area contributed by atoms with Crippen LogP contribution in [-0.4, -0.2) is 37.1 Å². The monoisotopic (exact) mass is 302 g/mol. The van der Waals surface area contributed by atoms with Crippen molar-refractivity contribution in [1.29, 1.82) is 0 Å². The van der Waals surface area contributed by atoms with E-state index in [-0.39, 0.29) is 11.8 Å². The molecule has 1 aliphatic heterocycles. The highest BCUT2D eigenvalue weighted by Crippen LogP contribution is 2.35. The van der Waals surface area contributed by atoms with Gasteiger partial charge in [0.2, 0.25) is 5.91 Å². The van der Waals surface area contributed by atoms with Crippen LogP contribution in [0, 0.1) is 5.92 Å². The van der Waals surface area contributed by atoms with E-state index in [9.17, 15) is 4.79 Å². The van der Waals surface area contributed by atoms with Crippen molar-refractivity contribution in [3.05, 3.63) is 22.4 Å². The summed E-state index contributed by atoms with van der Waals surface area (Å²) >= 11 is 12.2. The van der Waals surface area contributed by atoms with E-state index in [0.717, 1.165) is 18.7 Å². The molecule has 2 rings (SSSR count). The number of aromatic nitrogens is 1. The van der Waals surface area contributed by atoms with Gasteiger partial charge in [-0.25, -0.2) is 0 Å². The summed E-state index contributed by atoms with van der Waals surface area (Å²) in [7, 11) is 0. The third-order valence-electron chi connectivity index (χ3n) is 3.15. The zero-order valence-corrected chi connectivity index (χ0v) is 11.9. The van der Waals surface area contributed by atoms with Gasteiger partial charge in [-0.2, -0.15) is 0 Å². The predicted octanol–water partition coefficient (Wildman–Crippen LogP) is 1.29. The molecule has 0 unspecified atom stereocenters. The molecule has 0 aliphatic carbocycles. The van der Waals surface area contributed by atoms with Gasteiger partial charge in [-0.1, -0.05) is 23.2 Å². The van der Waals surface area contributed by atoms with Crippen LogP contribution in [-0.2, 0) is 4.79 Å². The third-order valence-corrected chi connectivity index (χ3v) is 3.70. The zero-order valence-electron chi connectivity index (χ0n) is 10.4. The van der Waals surface area contributed by atoms with Gasteiger partial charge in [-0.05, 0) is 6.42 Å². The maximum atomic E-state index is 11.9. The molecular weight excluding hydrogens is 287 g/mol. The molecule has 1 aromatic rings. The van der Waals surface area contributed by atoms with Crippen molar-refractivity contribution in [2.24, 2.45) is 11.7 Å². The minimum atomic E-state index is -0.0492. The fourth-order valence-electron chi connectivity index (χ4n) is 2.22. The molecule has 1 atom stereocenters. The van der Waals surface area contributed by atoms with E-state index < -0.39 is 0 Å². The predicted molar refractivity (Wildman–Crippen MR) is 76.6 cm³/mol. The van der Waals surface area contributed by atoms with Crippen LogP contribution in [0.2, 0.25) is 10.0 Å². The van der Waals surface area contributed by atoms with Gasteiger partial charge in [0.1, 0.15) is 0 Å². The smallest absolute Gasteiger partial charge is 0.225 e. The van der Waals surface area contributed by atoms with Crippen molar-refractivity contribution >= 4 is 34.8 Å². The molecule has 0 radical (unpaired) electrons. The second kappa shape index (κ2) is 6.41. The first-order valence-electron chi connectivity index (χ1n) is 6.15. The van der Waals surface area contributed by atoms with Gasteiger partial charge >= 0.3 is 0 Å². The van der Waals surface area contributed by atoms with Crippen molar-refractivity contribution in [3.8, 4) is 0 Å². The highest BCUT2D eigenvalue weighted by atomic mass is 35.5. The number of nitrogens with one attached hydrogen (secondary N) is 1. The normalized spacial score (nSPS) is 18.7. The maximum absolute atomic E-state index is 11.9. The first kappa shape index (κ1) is 14.4. The summed E-state index contributed by atoms with van der Waals surface area (Å²) in [6.45, 7) is 2.32. The van der Waals surface area contributed by atoms with Crippen LogP contribution >= 0.6 is 23.2 Å². The van der Waals surface area contributed by atoms with Crippen molar-refractivity contribution in [1.82, 2.24) is 10.3 Å². The van der Waals surface area contributed by atoms with Crippen LogP contribution in [0.4, 0.5) is 5.69 Å². The molecule has 5 nitrogen and oxygen atoms in total. The minimum absolute atomic E-state index is 0.0363. The van der Waals surface area contributed by atoms with E-state index >= 15 is 0 Å². The quantitative estimate of drug-likeness (QED) is 0.879. The van der Waals surface area contributed by atoms with Gasteiger partial charge in [0, 0.05) is 38.6 Å². The van der Waals surface area contributed by atoms with Gasteiger partial charge < -0.3 is 16.0 Å². The number of rotatable bonds is 4. The van der Waals surface area contributed by atoms with E-state index in [1.54, 1.807) is 12.4 Å². The Kier molecular flexibility index (Phi) is 4.85. The number of hydrogen-bond donors (Lipinski definition) is 2. The molecule has 1 saturated heterocycles. The summed E-state index contributed by atoms with van der Waals surface area (Å²) in [5, 5.41) is 3.83. The molecule has 0 spiro atoms. The molecule has 1 amide bonds. The van der Waals surface area contributed by atoms with Crippen LogP contribution in [0.5, 0.6) is 0 Å². The SMILES string of the molecule is NCCNC(=O)[C@H]1CCN(c2c(Cl)cncc2Cl)C1.